The van der Waals surface area contributed by atoms with Gasteiger partial charge in [0.1, 0.15) is 0 Å². The van der Waals surface area contributed by atoms with Gasteiger partial charge >= 0.3 is 5.97 Å². The van der Waals surface area contributed by atoms with Gasteiger partial charge in [0.05, 0.1) is 19.8 Å². The van der Waals surface area contributed by atoms with Crippen molar-refractivity contribution in [1.29, 1.82) is 0 Å². The van der Waals surface area contributed by atoms with Gasteiger partial charge in [-0.05, 0) is 46.7 Å². The highest BCUT2D eigenvalue weighted by molar-refractivity contribution is 7.38. The second kappa shape index (κ2) is 6.16. The number of carbonyl (C=O) groups excluding carboxylic acids is 1. The lowest BCUT2D eigenvalue weighted by Gasteiger charge is -2.51. The van der Waals surface area contributed by atoms with E-state index in [2.05, 4.69) is 40.1 Å². The summed E-state index contributed by atoms with van der Waals surface area (Å²) in [5.74, 6) is -0.269. The molecule has 1 aliphatic heterocycles. The third-order valence-corrected chi connectivity index (χ3v) is 22.0. The van der Waals surface area contributed by atoms with Gasteiger partial charge in [0, 0.05) is 5.57 Å². The van der Waals surface area contributed by atoms with Crippen LogP contribution in [-0.4, -0.2) is 33.6 Å². The summed E-state index contributed by atoms with van der Waals surface area (Å²) in [5, 5.41) is 0. The topological polar surface area (TPSA) is 35.5 Å². The monoisotopic (exact) mass is 314 g/mol. The zero-order valence-electron chi connectivity index (χ0n) is 14.0. The van der Waals surface area contributed by atoms with E-state index in [0.29, 0.717) is 12.2 Å². The van der Waals surface area contributed by atoms with Crippen molar-refractivity contribution >= 4 is 21.4 Å². The summed E-state index contributed by atoms with van der Waals surface area (Å²) in [6, 6.07) is 2.54. The molecule has 20 heavy (non-hydrogen) atoms. The van der Waals surface area contributed by atoms with Crippen molar-refractivity contribution < 1.29 is 14.0 Å². The number of hydrogen-bond acceptors (Lipinski definition) is 3. The highest BCUT2D eigenvalue weighted by Gasteiger charge is 2.52. The second-order valence-corrected chi connectivity index (χ2v) is 22.0. The lowest BCUT2D eigenvalue weighted by molar-refractivity contribution is -0.138. The molecule has 0 aromatic rings. The van der Waals surface area contributed by atoms with Crippen LogP contribution in [0, 0.1) is 0 Å². The quantitative estimate of drug-likeness (QED) is 0.332. The number of rotatable bonds is 5. The van der Waals surface area contributed by atoms with E-state index in [0.717, 1.165) is 12.8 Å². The van der Waals surface area contributed by atoms with Gasteiger partial charge in [0.15, 0.2) is 7.83 Å². The molecule has 0 radical (unpaired) electrons. The molecule has 1 atom stereocenters. The number of hydrogen-bond donors (Lipinski definition) is 0. The van der Waals surface area contributed by atoms with Crippen LogP contribution < -0.4 is 0 Å². The van der Waals surface area contributed by atoms with Gasteiger partial charge in [0.2, 0.25) is 0 Å². The maximum atomic E-state index is 11.4. The van der Waals surface area contributed by atoms with Gasteiger partial charge in [-0.1, -0.05) is 25.2 Å². The van der Waals surface area contributed by atoms with Crippen LogP contribution in [0.4, 0.5) is 0 Å². The van der Waals surface area contributed by atoms with Crippen LogP contribution in [0.5, 0.6) is 0 Å². The molecular formula is C15H30O3Si2. The molecule has 0 aliphatic carbocycles. The van der Waals surface area contributed by atoms with Crippen LogP contribution in [0.2, 0.25) is 31.7 Å². The molecule has 1 fully saturated rings. The molecule has 1 heterocycles. The standard InChI is InChI=1S/C15H30O3Si2/c1-13(2)14(16)17-10-8-11-20(7)12-9-15(3,4)18-19(20,5)6/h1,8-12H2,2-7H3. The molecule has 1 saturated heterocycles. The lowest BCUT2D eigenvalue weighted by Crippen LogP contribution is -2.65. The van der Waals surface area contributed by atoms with Crippen molar-refractivity contribution in [2.75, 3.05) is 6.61 Å². The molecule has 5 heteroatoms. The SMILES string of the molecule is C=C(C)C(=O)OCCC[Si]1(C)CCC(C)(C)O[Si]1(C)C. The van der Waals surface area contributed by atoms with Crippen LogP contribution in [0.15, 0.2) is 12.2 Å². The molecule has 0 aromatic heterocycles. The first-order valence-corrected chi connectivity index (χ1v) is 14.3. The molecule has 0 aromatic carbocycles. The zero-order chi connectivity index (χ0) is 15.6. The molecule has 0 bridgehead atoms. The van der Waals surface area contributed by atoms with Crippen LogP contribution >= 0.6 is 0 Å². The number of ether oxygens (including phenoxy) is 1. The van der Waals surface area contributed by atoms with Crippen molar-refractivity contribution in [3.8, 4) is 0 Å². The van der Waals surface area contributed by atoms with Crippen LogP contribution in [0.25, 0.3) is 0 Å². The summed E-state index contributed by atoms with van der Waals surface area (Å²) in [5.41, 5.74) is 0.528. The number of esters is 1. The third-order valence-electron chi connectivity index (χ3n) is 4.72. The molecule has 1 unspecified atom stereocenters. The number of carbonyl (C=O) groups is 1. The Morgan fingerprint density at radius 1 is 1.35 bits per heavy atom. The molecule has 116 valence electrons. The average molecular weight is 315 g/mol. The summed E-state index contributed by atoms with van der Waals surface area (Å²) < 4.78 is 11.7. The Labute approximate surface area is 125 Å². The molecule has 0 N–H and O–H groups in total. The Morgan fingerprint density at radius 2 is 1.95 bits per heavy atom. The highest BCUT2D eigenvalue weighted by atomic mass is 29.3. The fourth-order valence-electron chi connectivity index (χ4n) is 2.92. The summed E-state index contributed by atoms with van der Waals surface area (Å²) >= 11 is 0. The maximum absolute atomic E-state index is 11.4. The summed E-state index contributed by atoms with van der Waals surface area (Å²) in [6.45, 7) is 17.5. The third kappa shape index (κ3) is 4.30. The van der Waals surface area contributed by atoms with Gasteiger partial charge in [-0.2, -0.15) is 0 Å². The Hall–Kier alpha value is -0.396. The largest absolute Gasteiger partial charge is 0.462 e. The molecule has 3 nitrogen and oxygen atoms in total. The predicted octanol–water partition coefficient (Wildman–Crippen LogP) is 4.06. The first-order valence-electron chi connectivity index (χ1n) is 7.52. The molecular weight excluding hydrogens is 284 g/mol. The molecule has 0 saturated carbocycles. The minimum atomic E-state index is -1.60. The van der Waals surface area contributed by atoms with E-state index in [1.165, 1.54) is 12.1 Å². The Bertz CT molecular complexity index is 391. The smallest absolute Gasteiger partial charge is 0.333 e. The summed E-state index contributed by atoms with van der Waals surface area (Å²) in [4.78, 5) is 11.4. The van der Waals surface area contributed by atoms with Crippen molar-refractivity contribution in [2.45, 2.75) is 70.9 Å². The zero-order valence-corrected chi connectivity index (χ0v) is 16.0. The minimum Gasteiger partial charge on any atom is -0.462 e. The van der Waals surface area contributed by atoms with Gasteiger partial charge in [-0.15, -0.1) is 0 Å². The maximum Gasteiger partial charge on any atom is 0.333 e. The molecule has 1 rings (SSSR count). The van der Waals surface area contributed by atoms with Crippen LogP contribution in [0.3, 0.4) is 0 Å². The Balaban J connectivity index is 2.50. The van der Waals surface area contributed by atoms with E-state index in [4.69, 9.17) is 9.16 Å². The van der Waals surface area contributed by atoms with Crippen molar-refractivity contribution in [2.24, 2.45) is 0 Å². The second-order valence-electron chi connectivity index (χ2n) is 7.45. The van der Waals surface area contributed by atoms with Gasteiger partial charge in [-0.25, -0.2) is 4.79 Å². The fourth-order valence-corrected chi connectivity index (χ4v) is 14.3. The first kappa shape index (κ1) is 17.7. The van der Waals surface area contributed by atoms with Gasteiger partial charge in [0.25, 0.3) is 0 Å². The Morgan fingerprint density at radius 3 is 2.45 bits per heavy atom. The van der Waals surface area contributed by atoms with E-state index in [1.54, 1.807) is 6.92 Å². The highest BCUT2D eigenvalue weighted by Crippen LogP contribution is 2.41. The van der Waals surface area contributed by atoms with Gasteiger partial charge < -0.3 is 9.16 Å². The van der Waals surface area contributed by atoms with E-state index in [1.807, 2.05) is 0 Å². The lowest BCUT2D eigenvalue weighted by atomic mass is 10.1. The van der Waals surface area contributed by atoms with Crippen LogP contribution in [0.1, 0.15) is 33.6 Å². The van der Waals surface area contributed by atoms with Crippen molar-refractivity contribution in [3.63, 3.8) is 0 Å². The van der Waals surface area contributed by atoms with E-state index >= 15 is 0 Å². The minimum absolute atomic E-state index is 0.0502. The molecule has 0 amide bonds. The molecule has 1 aliphatic rings. The average Bonchev–Trinajstić information content (AvgIpc) is 2.29. The summed E-state index contributed by atoms with van der Waals surface area (Å²) in [7, 11) is -2.95. The normalized spacial score (nSPS) is 27.9. The fraction of sp³-hybridized carbons (Fsp3) is 0.800. The van der Waals surface area contributed by atoms with Crippen molar-refractivity contribution in [1.82, 2.24) is 0 Å². The van der Waals surface area contributed by atoms with E-state index < -0.39 is 15.4 Å². The summed E-state index contributed by atoms with van der Waals surface area (Å²) in [6.07, 6.45) is 2.12. The predicted molar refractivity (Wildman–Crippen MR) is 88.9 cm³/mol. The van der Waals surface area contributed by atoms with Crippen molar-refractivity contribution in [3.05, 3.63) is 12.2 Å². The molecule has 0 spiro atoms. The van der Waals surface area contributed by atoms with E-state index in [-0.39, 0.29) is 11.6 Å². The van der Waals surface area contributed by atoms with Gasteiger partial charge in [-0.3, -0.25) is 0 Å². The first-order chi connectivity index (χ1) is 8.99. The Kier molecular flexibility index (Phi) is 5.43. The van der Waals surface area contributed by atoms with Crippen LogP contribution in [-0.2, 0) is 14.0 Å². The van der Waals surface area contributed by atoms with E-state index in [9.17, 15) is 4.79 Å².